The Morgan fingerprint density at radius 2 is 1.68 bits per heavy atom. The van der Waals surface area contributed by atoms with E-state index in [1.165, 1.54) is 6.08 Å². The van der Waals surface area contributed by atoms with Gasteiger partial charge in [0, 0.05) is 11.6 Å². The average molecular weight is 296 g/mol. The molecule has 0 fully saturated rings. The normalized spacial score (nSPS) is 12.0. The summed E-state index contributed by atoms with van der Waals surface area (Å²) in [4.78, 5) is 11.9. The van der Waals surface area contributed by atoms with Gasteiger partial charge in [-0.05, 0) is 18.6 Å². The number of carbonyl (C=O) groups excluding carboxylic acids is 1. The molecule has 0 amide bonds. The number of hydrogen-bond acceptors (Lipinski definition) is 3. The Morgan fingerprint density at radius 3 is 2.32 bits per heavy atom. The van der Waals surface area contributed by atoms with Crippen LogP contribution in [0.5, 0.6) is 5.75 Å². The second kappa shape index (κ2) is 8.67. The van der Waals surface area contributed by atoms with Crippen LogP contribution in [0.1, 0.15) is 31.6 Å². The van der Waals surface area contributed by atoms with Crippen molar-refractivity contribution >= 4 is 5.97 Å². The molecule has 0 radical (unpaired) electrons. The molecule has 0 saturated carbocycles. The first-order valence-corrected chi connectivity index (χ1v) is 7.43. The van der Waals surface area contributed by atoms with E-state index in [2.05, 4.69) is 6.92 Å². The Bertz CT molecular complexity index is 591. The van der Waals surface area contributed by atoms with Crippen molar-refractivity contribution in [1.29, 1.82) is 0 Å². The Kier molecular flexibility index (Phi) is 6.24. The Balaban J connectivity index is 2.10. The molecular weight excluding hydrogens is 276 g/mol. The van der Waals surface area contributed by atoms with E-state index in [0.29, 0.717) is 5.75 Å². The van der Waals surface area contributed by atoms with Gasteiger partial charge >= 0.3 is 5.97 Å². The molecule has 114 valence electrons. The van der Waals surface area contributed by atoms with E-state index in [9.17, 15) is 4.79 Å². The molecule has 1 atom stereocenters. The van der Waals surface area contributed by atoms with Crippen molar-refractivity contribution in [2.45, 2.75) is 26.1 Å². The number of rotatable bonds is 7. The smallest absolute Gasteiger partial charge is 0.333 e. The van der Waals surface area contributed by atoms with Crippen LogP contribution in [0.15, 0.2) is 72.8 Å². The molecule has 0 aliphatic heterocycles. The van der Waals surface area contributed by atoms with Crippen LogP contribution >= 0.6 is 0 Å². The van der Waals surface area contributed by atoms with Crippen LogP contribution in [0.2, 0.25) is 0 Å². The molecule has 0 aliphatic carbocycles. The largest absolute Gasteiger partial charge is 0.450 e. The van der Waals surface area contributed by atoms with Gasteiger partial charge in [-0.25, -0.2) is 4.79 Å². The van der Waals surface area contributed by atoms with Gasteiger partial charge in [0.15, 0.2) is 0 Å². The van der Waals surface area contributed by atoms with Crippen LogP contribution in [0.4, 0.5) is 0 Å². The van der Waals surface area contributed by atoms with Gasteiger partial charge in [0.2, 0.25) is 0 Å². The minimum atomic E-state index is -0.762. The highest BCUT2D eigenvalue weighted by atomic mass is 16.7. The van der Waals surface area contributed by atoms with Gasteiger partial charge in [-0.2, -0.15) is 0 Å². The van der Waals surface area contributed by atoms with Crippen LogP contribution in [0.25, 0.3) is 0 Å². The van der Waals surface area contributed by atoms with Gasteiger partial charge < -0.3 is 9.47 Å². The highest BCUT2D eigenvalue weighted by Gasteiger charge is 2.17. The fourth-order valence-electron chi connectivity index (χ4n) is 1.88. The maximum absolute atomic E-state index is 11.9. The van der Waals surface area contributed by atoms with Gasteiger partial charge in [-0.1, -0.05) is 68.0 Å². The third-order valence-electron chi connectivity index (χ3n) is 2.99. The number of allylic oxidation sites excluding steroid dienone is 1. The molecule has 3 heteroatoms. The summed E-state index contributed by atoms with van der Waals surface area (Å²) in [5, 5.41) is 0. The topological polar surface area (TPSA) is 35.5 Å². The summed E-state index contributed by atoms with van der Waals surface area (Å²) < 4.78 is 11.2. The zero-order valence-electron chi connectivity index (χ0n) is 12.6. The van der Waals surface area contributed by atoms with Crippen LogP contribution in [0, 0.1) is 0 Å². The zero-order chi connectivity index (χ0) is 15.6. The summed E-state index contributed by atoms with van der Waals surface area (Å²) in [6, 6.07) is 18.7. The van der Waals surface area contributed by atoms with Crippen molar-refractivity contribution in [1.82, 2.24) is 0 Å². The lowest BCUT2D eigenvalue weighted by atomic mass is 10.2. The van der Waals surface area contributed by atoms with E-state index < -0.39 is 12.3 Å². The average Bonchev–Trinajstić information content (AvgIpc) is 2.56. The molecule has 2 aromatic rings. The van der Waals surface area contributed by atoms with Gasteiger partial charge in [0.25, 0.3) is 6.29 Å². The molecule has 3 nitrogen and oxygen atoms in total. The van der Waals surface area contributed by atoms with Crippen LogP contribution < -0.4 is 4.74 Å². The highest BCUT2D eigenvalue weighted by molar-refractivity contribution is 5.82. The fourth-order valence-corrected chi connectivity index (χ4v) is 1.88. The molecule has 0 heterocycles. The first-order chi connectivity index (χ1) is 10.8. The third kappa shape index (κ3) is 5.09. The number of carbonyl (C=O) groups is 1. The second-order valence-corrected chi connectivity index (χ2v) is 4.80. The standard InChI is InChI=1S/C19H20O3/c1-2-3-6-15-18(20)22-19(16-11-7-4-8-12-16)21-17-13-9-5-10-14-17/h4-15,19H,2-3H2,1H3. The number of unbranched alkanes of at least 4 members (excludes halogenated alkanes) is 1. The van der Waals surface area contributed by atoms with E-state index in [0.717, 1.165) is 18.4 Å². The van der Waals surface area contributed by atoms with Gasteiger partial charge in [-0.15, -0.1) is 0 Å². The van der Waals surface area contributed by atoms with Crippen LogP contribution in [-0.2, 0) is 9.53 Å². The predicted molar refractivity (Wildman–Crippen MR) is 86.4 cm³/mol. The van der Waals surface area contributed by atoms with Crippen LogP contribution in [0.3, 0.4) is 0 Å². The van der Waals surface area contributed by atoms with E-state index in [1.54, 1.807) is 0 Å². The first kappa shape index (κ1) is 15.8. The minimum Gasteiger partial charge on any atom is -0.450 e. The monoisotopic (exact) mass is 296 g/mol. The molecule has 1 unspecified atom stereocenters. The number of ether oxygens (including phenoxy) is 2. The highest BCUT2D eigenvalue weighted by Crippen LogP contribution is 2.23. The minimum absolute atomic E-state index is 0.404. The summed E-state index contributed by atoms with van der Waals surface area (Å²) >= 11 is 0. The van der Waals surface area contributed by atoms with Crippen LogP contribution in [-0.4, -0.2) is 5.97 Å². The van der Waals surface area contributed by atoms with Gasteiger partial charge in [0.05, 0.1) is 0 Å². The van der Waals surface area contributed by atoms with Crippen molar-refractivity contribution in [3.05, 3.63) is 78.4 Å². The van der Waals surface area contributed by atoms with Crippen molar-refractivity contribution in [3.8, 4) is 5.75 Å². The van der Waals surface area contributed by atoms with Crippen molar-refractivity contribution < 1.29 is 14.3 Å². The zero-order valence-corrected chi connectivity index (χ0v) is 12.6. The lowest BCUT2D eigenvalue weighted by molar-refractivity contribution is -0.158. The molecule has 0 aliphatic rings. The molecule has 0 saturated heterocycles. The van der Waals surface area contributed by atoms with E-state index in [1.807, 2.05) is 66.7 Å². The van der Waals surface area contributed by atoms with E-state index in [4.69, 9.17) is 9.47 Å². The predicted octanol–water partition coefficient (Wildman–Crippen LogP) is 4.66. The number of hydrogen-bond donors (Lipinski definition) is 0. The van der Waals surface area contributed by atoms with E-state index >= 15 is 0 Å². The molecule has 22 heavy (non-hydrogen) atoms. The van der Waals surface area contributed by atoms with Crippen molar-refractivity contribution in [2.75, 3.05) is 0 Å². The summed E-state index contributed by atoms with van der Waals surface area (Å²) in [5.41, 5.74) is 0.795. The maximum Gasteiger partial charge on any atom is 0.333 e. The maximum atomic E-state index is 11.9. The number of benzene rings is 2. The lowest BCUT2D eigenvalue weighted by Crippen LogP contribution is -2.15. The van der Waals surface area contributed by atoms with Crippen molar-refractivity contribution in [2.24, 2.45) is 0 Å². The third-order valence-corrected chi connectivity index (χ3v) is 2.99. The van der Waals surface area contributed by atoms with Gasteiger partial charge in [-0.3, -0.25) is 0 Å². The van der Waals surface area contributed by atoms with Crippen molar-refractivity contribution in [3.63, 3.8) is 0 Å². The van der Waals surface area contributed by atoms with Gasteiger partial charge in [0.1, 0.15) is 5.75 Å². The molecule has 2 rings (SSSR count). The molecule has 0 spiro atoms. The summed E-state index contributed by atoms with van der Waals surface area (Å²) in [6.45, 7) is 2.06. The summed E-state index contributed by atoms with van der Waals surface area (Å²) in [6.07, 6.45) is 4.35. The summed E-state index contributed by atoms with van der Waals surface area (Å²) in [5.74, 6) is 0.250. The fraction of sp³-hybridized carbons (Fsp3) is 0.211. The molecular formula is C19H20O3. The van der Waals surface area contributed by atoms with E-state index in [-0.39, 0.29) is 0 Å². The number of esters is 1. The Labute approximate surface area is 131 Å². The molecule has 2 aromatic carbocycles. The summed E-state index contributed by atoms with van der Waals surface area (Å²) in [7, 11) is 0. The Morgan fingerprint density at radius 1 is 1.05 bits per heavy atom. The quantitative estimate of drug-likeness (QED) is 0.423. The first-order valence-electron chi connectivity index (χ1n) is 7.43. The SMILES string of the molecule is CCCC=CC(=O)OC(Oc1ccccc1)c1ccccc1. The second-order valence-electron chi connectivity index (χ2n) is 4.80. The number of para-hydroxylation sites is 1. The Hall–Kier alpha value is -2.55. The molecule has 0 bridgehead atoms. The molecule has 0 aromatic heterocycles. The lowest BCUT2D eigenvalue weighted by Gasteiger charge is -2.19. The molecule has 0 N–H and O–H groups in total.